The third-order valence-electron chi connectivity index (χ3n) is 17.1. The van der Waals surface area contributed by atoms with Crippen LogP contribution in [0.25, 0.3) is 0 Å². The average Bonchev–Trinajstić information content (AvgIpc) is 0.749. The van der Waals surface area contributed by atoms with Crippen LogP contribution in [-0.2, 0) is 67.9 Å². The van der Waals surface area contributed by atoms with Crippen LogP contribution < -0.4 is 58.5 Å². The van der Waals surface area contributed by atoms with Gasteiger partial charge in [-0.2, -0.15) is 0 Å². The van der Waals surface area contributed by atoms with E-state index in [0.717, 1.165) is 42.2 Å². The van der Waals surface area contributed by atoms with Gasteiger partial charge in [0.1, 0.15) is 35.2 Å². The number of amides is 10. The van der Waals surface area contributed by atoms with Crippen molar-refractivity contribution in [2.75, 3.05) is 39.8 Å². The van der Waals surface area contributed by atoms with Crippen molar-refractivity contribution in [2.45, 2.75) is 284 Å². The van der Waals surface area contributed by atoms with E-state index in [9.17, 15) is 63.2 Å². The Labute approximate surface area is 547 Å². The molecule has 2 fully saturated rings. The van der Waals surface area contributed by atoms with Gasteiger partial charge >= 0.3 is 5.97 Å². The Balaban J connectivity index is 2.32. The molecule has 2 aliphatic rings. The van der Waals surface area contributed by atoms with Gasteiger partial charge in [0.25, 0.3) is 0 Å². The molecule has 526 valence electrons. The predicted octanol–water partition coefficient (Wildman–Crippen LogP) is 3.18. The first-order chi connectivity index (χ1) is 42.4. The minimum Gasteiger partial charge on any atom is -0.467 e. The summed E-state index contributed by atoms with van der Waals surface area (Å²) in [6, 6.07) is -4.58. The van der Waals surface area contributed by atoms with Gasteiger partial charge in [-0.25, -0.2) is 4.79 Å². The Kier molecular flexibility index (Phi) is 31.6. The summed E-state index contributed by atoms with van der Waals surface area (Å²) in [7, 11) is 1.21. The maximum Gasteiger partial charge on any atom is 0.328 e. The number of esters is 1. The Bertz CT molecular complexity index is 2500. The standard InChI is InChI=1S/C65H117N13O14/c1-21-23-24-25-26-27-28-70-63(18,19)56(87)67-34-49(81)72-45(30-41(5)6)53(84)75-64(36-59(10,11)77(90)60(12,13)37-64)57(88)68-32-47(79)66-33-48(80)71-44(29-40(3)4)52(83)76-65(38-61(14,15)78(91)62(16,17)39-65)58(89)69-35-50(82)74-51(43(9)22-2)54(85)73-46(31-42(7)8)55(86)92-20/h40-46,51,70H,21-39H2,1-20H3,(H,66,79)(H,67,87)(H,68,88)(H,69,89)(H,71,80)(H,72,81)(H,73,85)(H,74,82)(H,75,84)(H,76,83)/t43-,44-,45-,46-,51-/m0/s1. The van der Waals surface area contributed by atoms with Gasteiger partial charge in [0, 0.05) is 22.2 Å². The Morgan fingerprint density at radius 2 is 0.837 bits per heavy atom. The quantitative estimate of drug-likeness (QED) is 0.0314. The second-order valence-electron chi connectivity index (χ2n) is 30.0. The van der Waals surface area contributed by atoms with Crippen molar-refractivity contribution in [3.05, 3.63) is 0 Å². The van der Waals surface area contributed by atoms with Crippen LogP contribution in [0.5, 0.6) is 0 Å². The van der Waals surface area contributed by atoms with Crippen molar-refractivity contribution in [1.82, 2.24) is 68.6 Å². The normalized spacial score (nSPS) is 19.0. The molecule has 2 rings (SSSR count). The van der Waals surface area contributed by atoms with Crippen LogP contribution in [0.1, 0.15) is 221 Å². The van der Waals surface area contributed by atoms with Gasteiger partial charge in [0.05, 0.1) is 38.8 Å². The summed E-state index contributed by atoms with van der Waals surface area (Å²) in [6.45, 7) is 31.2. The van der Waals surface area contributed by atoms with Crippen molar-refractivity contribution < 1.29 is 67.9 Å². The van der Waals surface area contributed by atoms with E-state index in [0.29, 0.717) is 13.0 Å². The fourth-order valence-electron chi connectivity index (χ4n) is 12.8. The lowest BCUT2D eigenvalue weighted by Crippen LogP contribution is -2.73. The SMILES string of the molecule is CCCCCCCCNC(C)(C)C(=O)NCC(=O)N[C@@H](CC(C)C)C(=O)NC1(C(=O)NCC(=O)NCC(=O)N[C@@H](CC(C)C)C(=O)NC2(C(=O)NCC(=O)N[C@H](C(=O)N[C@@H](CC(C)C)C(=O)OC)[C@@H](C)CC)CC(C)(C)N([O])C(C)(C)C2)CC(C)(C)N([O])C(C)(C)C1. The number of methoxy groups -OCH3 is 1. The Morgan fingerprint density at radius 1 is 0.467 bits per heavy atom. The molecule has 27 nitrogen and oxygen atoms in total. The molecule has 0 aromatic rings. The highest BCUT2D eigenvalue weighted by Crippen LogP contribution is 2.44. The van der Waals surface area contributed by atoms with Crippen molar-refractivity contribution in [3.63, 3.8) is 0 Å². The molecular formula is C65H117N13O14. The first-order valence-electron chi connectivity index (χ1n) is 33.1. The summed E-state index contributed by atoms with van der Waals surface area (Å²) in [5.74, 6) is -8.68. The molecule has 11 N–H and O–H groups in total. The first kappa shape index (κ1) is 82.1. The lowest BCUT2D eigenvalue weighted by molar-refractivity contribution is -0.295. The summed E-state index contributed by atoms with van der Waals surface area (Å²) in [4.78, 5) is 152. The van der Waals surface area contributed by atoms with Crippen LogP contribution in [-0.4, -0.2) is 178 Å². The number of hydrogen-bond acceptors (Lipinski definition) is 15. The monoisotopic (exact) mass is 1300 g/mol. The number of nitrogens with zero attached hydrogens (tertiary/aromatic N) is 2. The molecule has 0 saturated carbocycles. The highest BCUT2D eigenvalue weighted by atomic mass is 16.5. The zero-order chi connectivity index (χ0) is 70.5. The number of piperidine rings is 2. The van der Waals surface area contributed by atoms with E-state index >= 15 is 0 Å². The molecule has 2 radical (unpaired) electrons. The zero-order valence-corrected chi connectivity index (χ0v) is 59.2. The minimum absolute atomic E-state index is 0.0138. The summed E-state index contributed by atoms with van der Waals surface area (Å²) in [5.41, 5.74) is -9.66. The molecule has 10 amide bonds. The van der Waals surface area contributed by atoms with E-state index in [1.54, 1.807) is 90.0 Å². The van der Waals surface area contributed by atoms with Gasteiger partial charge in [-0.3, -0.25) is 47.9 Å². The third kappa shape index (κ3) is 25.0. The van der Waals surface area contributed by atoms with E-state index in [4.69, 9.17) is 4.74 Å². The summed E-state index contributed by atoms with van der Waals surface area (Å²) >= 11 is 0. The first-order valence-corrected chi connectivity index (χ1v) is 33.1. The number of rotatable bonds is 37. The molecule has 92 heavy (non-hydrogen) atoms. The number of hydrogen-bond donors (Lipinski definition) is 11. The van der Waals surface area contributed by atoms with E-state index in [-0.39, 0.29) is 62.7 Å². The molecule has 0 aromatic heterocycles. The predicted molar refractivity (Wildman–Crippen MR) is 347 cm³/mol. The molecule has 0 bridgehead atoms. The molecule has 2 saturated heterocycles. The fraction of sp³-hybridized carbons (Fsp3) is 0.831. The van der Waals surface area contributed by atoms with Gasteiger partial charge < -0.3 is 63.2 Å². The van der Waals surface area contributed by atoms with Gasteiger partial charge in [0.15, 0.2) is 0 Å². The topological polar surface area (TPSA) is 376 Å². The molecule has 0 aromatic carbocycles. The van der Waals surface area contributed by atoms with E-state index < -0.39 is 160 Å². The van der Waals surface area contributed by atoms with Gasteiger partial charge in [-0.15, -0.1) is 20.5 Å². The summed E-state index contributed by atoms with van der Waals surface area (Å²) in [6.07, 6.45) is 6.54. The minimum atomic E-state index is -1.84. The van der Waals surface area contributed by atoms with Crippen LogP contribution in [0.15, 0.2) is 0 Å². The van der Waals surface area contributed by atoms with E-state index in [2.05, 4.69) is 65.4 Å². The molecule has 0 aliphatic carbocycles. The third-order valence-corrected chi connectivity index (χ3v) is 17.1. The number of carbonyl (C=O) groups excluding carboxylic acids is 11. The van der Waals surface area contributed by atoms with E-state index in [1.807, 2.05) is 34.6 Å². The Morgan fingerprint density at radius 3 is 1.24 bits per heavy atom. The lowest BCUT2D eigenvalue weighted by Gasteiger charge is -2.54. The number of hydroxylamine groups is 4. The number of carbonyl (C=O) groups is 11. The molecule has 27 heteroatoms. The van der Waals surface area contributed by atoms with Crippen LogP contribution in [0.4, 0.5) is 0 Å². The van der Waals surface area contributed by atoms with Crippen molar-refractivity contribution in [3.8, 4) is 0 Å². The highest BCUT2D eigenvalue weighted by Gasteiger charge is 2.59. The number of ether oxygens (including phenoxy) is 1. The molecular weight excluding hydrogens is 1190 g/mol. The maximum absolute atomic E-state index is 14.7. The molecule has 5 atom stereocenters. The van der Waals surface area contributed by atoms with Crippen molar-refractivity contribution in [2.24, 2.45) is 23.7 Å². The zero-order valence-electron chi connectivity index (χ0n) is 59.2. The largest absolute Gasteiger partial charge is 0.467 e. The van der Waals surface area contributed by atoms with Gasteiger partial charge in [-0.05, 0) is 151 Å². The highest BCUT2D eigenvalue weighted by molar-refractivity contribution is 5.99. The van der Waals surface area contributed by atoms with Crippen molar-refractivity contribution in [1.29, 1.82) is 0 Å². The van der Waals surface area contributed by atoms with E-state index in [1.165, 1.54) is 13.5 Å². The van der Waals surface area contributed by atoms with Crippen LogP contribution >= 0.6 is 0 Å². The second-order valence-corrected chi connectivity index (χ2v) is 30.0. The van der Waals surface area contributed by atoms with Gasteiger partial charge in [0.2, 0.25) is 59.1 Å². The van der Waals surface area contributed by atoms with Crippen molar-refractivity contribution >= 4 is 65.0 Å². The summed E-state index contributed by atoms with van der Waals surface area (Å²) < 4.78 is 4.90. The summed E-state index contributed by atoms with van der Waals surface area (Å²) in [5, 5.41) is 59.1. The lowest BCUT2D eigenvalue weighted by atomic mass is 9.69. The van der Waals surface area contributed by atoms with Crippen LogP contribution in [0, 0.1) is 23.7 Å². The average molecular weight is 1300 g/mol. The Hall–Kier alpha value is -6.03. The maximum atomic E-state index is 14.7. The van der Waals surface area contributed by atoms with Crippen LogP contribution in [0.2, 0.25) is 0 Å². The fourth-order valence-corrected chi connectivity index (χ4v) is 12.8. The number of nitrogens with one attached hydrogen (secondary N) is 11. The molecule has 2 heterocycles. The number of unbranched alkanes of at least 4 members (excludes halogenated alkanes) is 5. The van der Waals surface area contributed by atoms with Gasteiger partial charge in [-0.1, -0.05) is 101 Å². The smallest absolute Gasteiger partial charge is 0.328 e. The second kappa shape index (κ2) is 35.5. The molecule has 2 aliphatic heterocycles. The molecule has 0 spiro atoms. The molecule has 0 unspecified atom stereocenters. The van der Waals surface area contributed by atoms with Crippen LogP contribution in [0.3, 0.4) is 0 Å².